The highest BCUT2D eigenvalue weighted by Gasteiger charge is 1.96. The van der Waals surface area contributed by atoms with Crippen molar-refractivity contribution in [2.24, 2.45) is 0 Å². The van der Waals surface area contributed by atoms with Crippen molar-refractivity contribution in [2.45, 2.75) is 12.1 Å². The Morgan fingerprint density at radius 3 is 3.13 bits per heavy atom. The first-order valence-corrected chi connectivity index (χ1v) is 5.70. The Morgan fingerprint density at radius 1 is 1.67 bits per heavy atom. The van der Waals surface area contributed by atoms with Gasteiger partial charge in [0.05, 0.1) is 12.3 Å². The molecule has 0 aromatic carbocycles. The topological polar surface area (TPSA) is 52.1 Å². The third-order valence-corrected chi connectivity index (χ3v) is 2.08. The molecule has 0 unspecified atom stereocenters. The lowest BCUT2D eigenvalue weighted by Gasteiger charge is -1.96. The summed E-state index contributed by atoms with van der Waals surface area (Å²) in [5.41, 5.74) is 0.697. The van der Waals surface area contributed by atoms with Gasteiger partial charge < -0.3 is 4.74 Å². The third kappa shape index (κ3) is 4.12. The van der Waals surface area contributed by atoms with E-state index in [1.54, 1.807) is 25.3 Å². The molecule has 15 heavy (non-hydrogen) atoms. The van der Waals surface area contributed by atoms with Gasteiger partial charge in [-0.05, 0) is 25.3 Å². The molecular formula is C10H12N2O2S. The van der Waals surface area contributed by atoms with E-state index in [4.69, 9.17) is 4.74 Å². The fourth-order valence-electron chi connectivity index (χ4n) is 0.889. The van der Waals surface area contributed by atoms with E-state index in [-0.39, 0.29) is 5.97 Å². The number of hydrogen-bond acceptors (Lipinski definition) is 5. The van der Waals surface area contributed by atoms with E-state index >= 15 is 0 Å². The molecule has 0 aliphatic heterocycles. The minimum Gasteiger partial charge on any atom is -0.463 e. The molecule has 80 valence electrons. The Kier molecular flexibility index (Phi) is 4.83. The molecule has 0 saturated carbocycles. The van der Waals surface area contributed by atoms with Crippen molar-refractivity contribution in [2.75, 3.05) is 12.9 Å². The van der Waals surface area contributed by atoms with Gasteiger partial charge in [0.15, 0.2) is 5.16 Å². The second-order valence-electron chi connectivity index (χ2n) is 2.55. The van der Waals surface area contributed by atoms with Crippen molar-refractivity contribution < 1.29 is 9.53 Å². The lowest BCUT2D eigenvalue weighted by molar-refractivity contribution is -0.137. The number of rotatable bonds is 4. The SMILES string of the molecule is CCOC(=O)C=Cc1ccnc(SC)n1. The monoisotopic (exact) mass is 224 g/mol. The average Bonchev–Trinajstić information content (AvgIpc) is 2.27. The molecule has 5 heteroatoms. The Bertz CT molecular complexity index is 366. The molecule has 0 saturated heterocycles. The largest absolute Gasteiger partial charge is 0.463 e. The number of carbonyl (C=O) groups excluding carboxylic acids is 1. The minimum atomic E-state index is -0.359. The van der Waals surface area contributed by atoms with Gasteiger partial charge in [-0.2, -0.15) is 0 Å². The highest BCUT2D eigenvalue weighted by Crippen LogP contribution is 2.08. The molecule has 0 atom stereocenters. The maximum absolute atomic E-state index is 11.0. The van der Waals surface area contributed by atoms with E-state index in [0.29, 0.717) is 17.5 Å². The number of nitrogens with zero attached hydrogens (tertiary/aromatic N) is 2. The second-order valence-corrected chi connectivity index (χ2v) is 3.33. The number of carbonyl (C=O) groups is 1. The van der Waals surface area contributed by atoms with Crippen LogP contribution in [-0.4, -0.2) is 28.8 Å². The van der Waals surface area contributed by atoms with Gasteiger partial charge in [-0.1, -0.05) is 11.8 Å². The van der Waals surface area contributed by atoms with E-state index < -0.39 is 0 Å². The van der Waals surface area contributed by atoms with Crippen molar-refractivity contribution in [3.63, 3.8) is 0 Å². The summed E-state index contributed by atoms with van der Waals surface area (Å²) in [7, 11) is 0. The molecule has 0 fully saturated rings. The van der Waals surface area contributed by atoms with Crippen LogP contribution in [0.5, 0.6) is 0 Å². The molecule has 1 aromatic heterocycles. The zero-order valence-electron chi connectivity index (χ0n) is 8.64. The van der Waals surface area contributed by atoms with Crippen LogP contribution in [0.2, 0.25) is 0 Å². The third-order valence-electron chi connectivity index (χ3n) is 1.51. The Morgan fingerprint density at radius 2 is 2.47 bits per heavy atom. The van der Waals surface area contributed by atoms with Crippen molar-refractivity contribution in [3.05, 3.63) is 24.0 Å². The van der Waals surface area contributed by atoms with Crippen LogP contribution in [0, 0.1) is 0 Å². The molecule has 0 N–H and O–H groups in total. The number of hydrogen-bond donors (Lipinski definition) is 0. The first kappa shape index (κ1) is 11.7. The molecule has 0 spiro atoms. The number of thioether (sulfide) groups is 1. The fourth-order valence-corrected chi connectivity index (χ4v) is 1.25. The molecule has 0 aliphatic carbocycles. The van der Waals surface area contributed by atoms with Gasteiger partial charge in [0.25, 0.3) is 0 Å². The first-order chi connectivity index (χ1) is 7.26. The molecule has 1 rings (SSSR count). The molecule has 1 aromatic rings. The number of ether oxygens (including phenoxy) is 1. The van der Waals surface area contributed by atoms with Gasteiger partial charge in [-0.25, -0.2) is 14.8 Å². The maximum atomic E-state index is 11.0. The van der Waals surface area contributed by atoms with Gasteiger partial charge in [-0.15, -0.1) is 0 Å². The van der Waals surface area contributed by atoms with Crippen LogP contribution in [0.3, 0.4) is 0 Å². The Hall–Kier alpha value is -1.36. The van der Waals surface area contributed by atoms with Crippen LogP contribution in [0.15, 0.2) is 23.5 Å². The first-order valence-electron chi connectivity index (χ1n) is 4.48. The summed E-state index contributed by atoms with van der Waals surface area (Å²) in [5, 5.41) is 0.681. The predicted octanol–water partition coefficient (Wildman–Crippen LogP) is 1.77. The molecule has 0 bridgehead atoms. The number of esters is 1. The van der Waals surface area contributed by atoms with Gasteiger partial charge in [0.1, 0.15) is 0 Å². The molecule has 0 aliphatic rings. The van der Waals surface area contributed by atoms with E-state index in [0.717, 1.165) is 0 Å². The lowest BCUT2D eigenvalue weighted by atomic mass is 10.3. The van der Waals surface area contributed by atoms with Gasteiger partial charge in [0.2, 0.25) is 0 Å². The molecule has 0 amide bonds. The summed E-state index contributed by atoms with van der Waals surface area (Å²) in [5.74, 6) is -0.359. The fraction of sp³-hybridized carbons (Fsp3) is 0.300. The Balaban J connectivity index is 2.67. The minimum absolute atomic E-state index is 0.359. The van der Waals surface area contributed by atoms with Crippen LogP contribution in [0.4, 0.5) is 0 Å². The van der Waals surface area contributed by atoms with Crippen molar-refractivity contribution in [1.29, 1.82) is 0 Å². The van der Waals surface area contributed by atoms with Crippen LogP contribution < -0.4 is 0 Å². The zero-order valence-corrected chi connectivity index (χ0v) is 9.45. The molecular weight excluding hydrogens is 212 g/mol. The van der Waals surface area contributed by atoms with Crippen LogP contribution in [0.25, 0.3) is 6.08 Å². The summed E-state index contributed by atoms with van der Waals surface area (Å²) in [4.78, 5) is 19.2. The Labute approximate surface area is 92.8 Å². The van der Waals surface area contributed by atoms with Crippen LogP contribution in [0.1, 0.15) is 12.6 Å². The van der Waals surface area contributed by atoms with Crippen molar-refractivity contribution >= 4 is 23.8 Å². The quantitative estimate of drug-likeness (QED) is 0.338. The van der Waals surface area contributed by atoms with Gasteiger partial charge in [-0.3, -0.25) is 0 Å². The van der Waals surface area contributed by atoms with E-state index in [9.17, 15) is 4.79 Å². The summed E-state index contributed by atoms with van der Waals surface area (Å²) in [6, 6.07) is 1.73. The highest BCUT2D eigenvalue weighted by atomic mass is 32.2. The molecule has 1 heterocycles. The van der Waals surface area contributed by atoms with Gasteiger partial charge >= 0.3 is 5.97 Å². The zero-order chi connectivity index (χ0) is 11.1. The predicted molar refractivity (Wildman–Crippen MR) is 59.5 cm³/mol. The molecule has 4 nitrogen and oxygen atoms in total. The second kappa shape index (κ2) is 6.19. The maximum Gasteiger partial charge on any atom is 0.330 e. The summed E-state index contributed by atoms with van der Waals surface area (Å²) < 4.78 is 4.75. The van der Waals surface area contributed by atoms with E-state index in [2.05, 4.69) is 9.97 Å². The highest BCUT2D eigenvalue weighted by molar-refractivity contribution is 7.98. The van der Waals surface area contributed by atoms with Crippen molar-refractivity contribution in [1.82, 2.24) is 9.97 Å². The summed E-state index contributed by atoms with van der Waals surface area (Å²) in [6.45, 7) is 2.14. The lowest BCUT2D eigenvalue weighted by Crippen LogP contribution is -1.99. The normalized spacial score (nSPS) is 10.5. The smallest absolute Gasteiger partial charge is 0.330 e. The van der Waals surface area contributed by atoms with Gasteiger partial charge in [0, 0.05) is 12.3 Å². The standard InChI is InChI=1S/C10H12N2O2S/c1-3-14-9(13)5-4-8-6-7-11-10(12-8)15-2/h4-7H,3H2,1-2H3. The van der Waals surface area contributed by atoms with Crippen LogP contribution in [-0.2, 0) is 9.53 Å². The van der Waals surface area contributed by atoms with E-state index in [1.807, 2.05) is 6.26 Å². The summed E-state index contributed by atoms with van der Waals surface area (Å²) >= 11 is 1.46. The molecule has 0 radical (unpaired) electrons. The van der Waals surface area contributed by atoms with E-state index in [1.165, 1.54) is 17.8 Å². The average molecular weight is 224 g/mol. The number of aromatic nitrogens is 2. The van der Waals surface area contributed by atoms with Crippen LogP contribution >= 0.6 is 11.8 Å². The summed E-state index contributed by atoms with van der Waals surface area (Å²) in [6.07, 6.45) is 6.52. The van der Waals surface area contributed by atoms with Crippen molar-refractivity contribution in [3.8, 4) is 0 Å².